The van der Waals surface area contributed by atoms with Gasteiger partial charge in [0.05, 0.1) is 11.9 Å². The first-order valence-electron chi connectivity index (χ1n) is 10.7. The van der Waals surface area contributed by atoms with Gasteiger partial charge in [0.2, 0.25) is 5.91 Å². The van der Waals surface area contributed by atoms with Gasteiger partial charge in [-0.3, -0.25) is 9.59 Å². The number of methoxy groups -OCH3 is 1. The SMILES string of the molecule is COc1ccc(COC(=O)C2N3C(=O)C(NC(=O)COc4ccccc4)C3SC2(C)CCl)cc1. The van der Waals surface area contributed by atoms with Crippen LogP contribution in [0.3, 0.4) is 0 Å². The number of amides is 2. The fraction of sp³-hybridized carbons (Fsp3) is 0.375. The summed E-state index contributed by atoms with van der Waals surface area (Å²) >= 11 is 7.62. The average molecular weight is 505 g/mol. The lowest BCUT2D eigenvalue weighted by Crippen LogP contribution is -2.71. The number of para-hydroxylation sites is 1. The van der Waals surface area contributed by atoms with Gasteiger partial charge in [-0.1, -0.05) is 30.3 Å². The molecule has 0 saturated carbocycles. The second-order valence-electron chi connectivity index (χ2n) is 8.21. The Morgan fingerprint density at radius 3 is 2.47 bits per heavy atom. The van der Waals surface area contributed by atoms with Gasteiger partial charge in [-0.2, -0.15) is 0 Å². The van der Waals surface area contributed by atoms with Crippen molar-refractivity contribution in [3.05, 3.63) is 60.2 Å². The largest absolute Gasteiger partial charge is 0.497 e. The molecule has 0 bridgehead atoms. The Kier molecular flexibility index (Phi) is 7.23. The number of carbonyl (C=O) groups is 3. The highest BCUT2D eigenvalue weighted by Crippen LogP contribution is 2.51. The lowest BCUT2D eigenvalue weighted by atomic mass is 9.95. The number of ether oxygens (including phenoxy) is 3. The van der Waals surface area contributed by atoms with E-state index >= 15 is 0 Å². The van der Waals surface area contributed by atoms with Crippen molar-refractivity contribution in [3.8, 4) is 11.5 Å². The van der Waals surface area contributed by atoms with Crippen LogP contribution in [0.4, 0.5) is 0 Å². The Morgan fingerprint density at radius 1 is 1.12 bits per heavy atom. The molecule has 2 aromatic rings. The lowest BCUT2D eigenvalue weighted by molar-refractivity contribution is -0.165. The van der Waals surface area contributed by atoms with Gasteiger partial charge in [0.1, 0.15) is 35.6 Å². The molecule has 2 aromatic carbocycles. The van der Waals surface area contributed by atoms with Gasteiger partial charge < -0.3 is 24.4 Å². The summed E-state index contributed by atoms with van der Waals surface area (Å²) in [6.45, 7) is 1.67. The summed E-state index contributed by atoms with van der Waals surface area (Å²) in [6, 6.07) is 14.5. The van der Waals surface area contributed by atoms with Crippen molar-refractivity contribution in [1.82, 2.24) is 10.2 Å². The van der Waals surface area contributed by atoms with Crippen molar-refractivity contribution in [1.29, 1.82) is 0 Å². The minimum Gasteiger partial charge on any atom is -0.497 e. The zero-order chi connectivity index (χ0) is 24.3. The van der Waals surface area contributed by atoms with Gasteiger partial charge in [-0.15, -0.1) is 23.4 Å². The summed E-state index contributed by atoms with van der Waals surface area (Å²) in [5, 5.41) is 2.31. The Balaban J connectivity index is 1.36. The molecule has 0 spiro atoms. The van der Waals surface area contributed by atoms with E-state index in [1.165, 1.54) is 16.7 Å². The summed E-state index contributed by atoms with van der Waals surface area (Å²) in [5.74, 6) is 0.112. The zero-order valence-electron chi connectivity index (χ0n) is 18.7. The summed E-state index contributed by atoms with van der Waals surface area (Å²) in [4.78, 5) is 39.8. The first-order chi connectivity index (χ1) is 16.4. The van der Waals surface area contributed by atoms with Crippen LogP contribution in [0.25, 0.3) is 0 Å². The van der Waals surface area contributed by atoms with Gasteiger partial charge >= 0.3 is 5.97 Å². The number of alkyl halides is 1. The fourth-order valence-corrected chi connectivity index (χ4v) is 5.90. The molecule has 2 aliphatic rings. The maximum atomic E-state index is 13.0. The number of nitrogens with zero attached hydrogens (tertiary/aromatic N) is 1. The third-order valence-corrected chi connectivity index (χ3v) is 8.15. The van der Waals surface area contributed by atoms with Crippen LogP contribution < -0.4 is 14.8 Å². The molecule has 4 unspecified atom stereocenters. The van der Waals surface area contributed by atoms with Crippen molar-refractivity contribution >= 4 is 41.1 Å². The molecule has 2 aliphatic heterocycles. The normalized spacial score (nSPS) is 25.2. The number of halogens is 1. The van der Waals surface area contributed by atoms with E-state index in [-0.39, 0.29) is 25.0 Å². The minimum atomic E-state index is -0.848. The number of benzene rings is 2. The molecule has 2 amide bonds. The molecule has 8 nitrogen and oxygen atoms in total. The van der Waals surface area contributed by atoms with Gasteiger partial charge in [-0.05, 0) is 36.8 Å². The number of β-lactam (4-membered cyclic amide) rings is 1. The van der Waals surface area contributed by atoms with Gasteiger partial charge in [0, 0.05) is 5.88 Å². The highest BCUT2D eigenvalue weighted by molar-refractivity contribution is 8.01. The number of carbonyl (C=O) groups excluding carboxylic acids is 3. The molecule has 2 saturated heterocycles. The monoisotopic (exact) mass is 504 g/mol. The molecule has 1 N–H and O–H groups in total. The second-order valence-corrected chi connectivity index (χ2v) is 10.1. The predicted molar refractivity (Wildman–Crippen MR) is 128 cm³/mol. The number of hydrogen-bond acceptors (Lipinski definition) is 7. The summed E-state index contributed by atoms with van der Waals surface area (Å²) in [5.41, 5.74) is 0.794. The smallest absolute Gasteiger partial charge is 0.330 e. The third kappa shape index (κ3) is 4.81. The Hall–Kier alpha value is -2.91. The van der Waals surface area contributed by atoms with Crippen LogP contribution in [0, 0.1) is 0 Å². The van der Waals surface area contributed by atoms with Gasteiger partial charge in [-0.25, -0.2) is 4.79 Å². The van der Waals surface area contributed by atoms with E-state index < -0.39 is 34.1 Å². The van der Waals surface area contributed by atoms with E-state index in [4.69, 9.17) is 25.8 Å². The van der Waals surface area contributed by atoms with E-state index in [1.807, 2.05) is 13.0 Å². The molecule has 4 rings (SSSR count). The van der Waals surface area contributed by atoms with E-state index in [9.17, 15) is 14.4 Å². The zero-order valence-corrected chi connectivity index (χ0v) is 20.3. The molecule has 2 heterocycles. The van der Waals surface area contributed by atoms with E-state index in [0.717, 1.165) is 5.56 Å². The van der Waals surface area contributed by atoms with Crippen LogP contribution in [0.5, 0.6) is 11.5 Å². The molecule has 2 fully saturated rings. The molecule has 4 atom stereocenters. The number of thioether (sulfide) groups is 1. The number of fused-ring (bicyclic) bond motifs is 1. The van der Waals surface area contributed by atoms with Crippen LogP contribution in [-0.2, 0) is 25.7 Å². The number of hydrogen-bond donors (Lipinski definition) is 1. The van der Waals surface area contributed by atoms with Crippen LogP contribution in [0.1, 0.15) is 12.5 Å². The highest BCUT2D eigenvalue weighted by Gasteiger charge is 2.65. The van der Waals surface area contributed by atoms with E-state index in [1.54, 1.807) is 55.6 Å². The molecule has 0 aliphatic carbocycles. The van der Waals surface area contributed by atoms with Crippen LogP contribution in [-0.4, -0.2) is 64.5 Å². The Morgan fingerprint density at radius 2 is 1.82 bits per heavy atom. The highest BCUT2D eigenvalue weighted by atomic mass is 35.5. The summed E-state index contributed by atoms with van der Waals surface area (Å²) in [7, 11) is 1.58. The third-order valence-electron chi connectivity index (χ3n) is 5.78. The van der Waals surface area contributed by atoms with E-state index in [0.29, 0.717) is 11.5 Å². The standard InChI is InChI=1S/C24H25ClN2O6S/c1-24(14-25)20(23(30)33-12-15-8-10-16(31-2)11-9-15)27-21(29)19(22(27)34-24)26-18(28)13-32-17-6-4-3-5-7-17/h3-11,19-20,22H,12-14H2,1-2H3,(H,26,28). The van der Waals surface area contributed by atoms with Gasteiger partial charge in [0.15, 0.2) is 6.61 Å². The van der Waals surface area contributed by atoms with Crippen molar-refractivity contribution in [2.24, 2.45) is 0 Å². The van der Waals surface area contributed by atoms with Crippen LogP contribution >= 0.6 is 23.4 Å². The lowest BCUT2D eigenvalue weighted by Gasteiger charge is -2.43. The fourth-order valence-electron chi connectivity index (χ4n) is 3.96. The average Bonchev–Trinajstić information content (AvgIpc) is 3.15. The molecule has 34 heavy (non-hydrogen) atoms. The van der Waals surface area contributed by atoms with Crippen molar-refractivity contribution in [2.75, 3.05) is 19.6 Å². The molecule has 0 aromatic heterocycles. The summed E-state index contributed by atoms with van der Waals surface area (Å²) < 4.78 is 15.4. The van der Waals surface area contributed by atoms with Crippen molar-refractivity contribution in [3.63, 3.8) is 0 Å². The second kappa shape index (κ2) is 10.1. The first-order valence-corrected chi connectivity index (χ1v) is 12.1. The topological polar surface area (TPSA) is 94.2 Å². The molecular formula is C24H25ClN2O6S. The molecule has 180 valence electrons. The Labute approximate surface area is 206 Å². The van der Waals surface area contributed by atoms with E-state index in [2.05, 4.69) is 5.32 Å². The molecule has 10 heteroatoms. The number of esters is 1. The van der Waals surface area contributed by atoms with Crippen LogP contribution in [0.15, 0.2) is 54.6 Å². The minimum absolute atomic E-state index is 0.0616. The number of nitrogens with one attached hydrogen (secondary N) is 1. The molecule has 0 radical (unpaired) electrons. The Bertz CT molecular complexity index is 1050. The van der Waals surface area contributed by atoms with Crippen molar-refractivity contribution in [2.45, 2.75) is 35.7 Å². The quantitative estimate of drug-likeness (QED) is 0.318. The maximum Gasteiger partial charge on any atom is 0.330 e. The number of rotatable bonds is 9. The first kappa shape index (κ1) is 24.2. The summed E-state index contributed by atoms with van der Waals surface area (Å²) in [6.07, 6.45) is 0. The van der Waals surface area contributed by atoms with Crippen molar-refractivity contribution < 1.29 is 28.6 Å². The van der Waals surface area contributed by atoms with Gasteiger partial charge in [0.25, 0.3) is 5.91 Å². The molecular weight excluding hydrogens is 480 g/mol. The van der Waals surface area contributed by atoms with Crippen LogP contribution in [0.2, 0.25) is 0 Å². The maximum absolute atomic E-state index is 13.0. The predicted octanol–water partition coefficient (Wildman–Crippen LogP) is 2.58.